The molecule has 1 aromatic heterocycles. The van der Waals surface area contributed by atoms with Gasteiger partial charge in [0.25, 0.3) is 0 Å². The van der Waals surface area contributed by atoms with Gasteiger partial charge in [-0.05, 0) is 48.1 Å². The Hall–Kier alpha value is -0.0500. The number of hydrogen-bond acceptors (Lipinski definition) is 2. The molecule has 14 heavy (non-hydrogen) atoms. The predicted molar refractivity (Wildman–Crippen MR) is 60.9 cm³/mol. The first-order chi connectivity index (χ1) is 6.66. The van der Waals surface area contributed by atoms with Crippen LogP contribution in [0.25, 0.3) is 0 Å². The summed E-state index contributed by atoms with van der Waals surface area (Å²) in [4.78, 5) is 0. The first kappa shape index (κ1) is 10.5. The molecule has 3 heteroatoms. The second-order valence-corrected chi connectivity index (χ2v) is 5.77. The van der Waals surface area contributed by atoms with Crippen LogP contribution >= 0.6 is 22.9 Å². The Kier molecular flexibility index (Phi) is 3.15. The largest absolute Gasteiger partial charge is 0.393 e. The van der Waals surface area contributed by atoms with Crippen LogP contribution in [-0.2, 0) is 6.42 Å². The Labute approximate surface area is 93.7 Å². The van der Waals surface area contributed by atoms with E-state index in [1.165, 1.54) is 5.56 Å². The Morgan fingerprint density at radius 1 is 1.57 bits per heavy atom. The predicted octanol–water partition coefficient (Wildman–Crippen LogP) is 3.35. The fraction of sp³-hybridized carbons (Fsp3) is 0.636. The fourth-order valence-electron chi connectivity index (χ4n) is 2.27. The smallest absolute Gasteiger partial charge is 0.0931 e. The third-order valence-corrected chi connectivity index (χ3v) is 4.44. The maximum atomic E-state index is 9.63. The van der Waals surface area contributed by atoms with E-state index in [0.29, 0.717) is 11.8 Å². The molecule has 3 atom stereocenters. The van der Waals surface area contributed by atoms with Gasteiger partial charge in [-0.2, -0.15) is 0 Å². The second-order valence-electron chi connectivity index (χ2n) is 4.23. The van der Waals surface area contributed by atoms with Gasteiger partial charge in [-0.1, -0.05) is 18.5 Å². The Morgan fingerprint density at radius 3 is 2.86 bits per heavy atom. The molecule has 1 heterocycles. The number of halogens is 1. The molecule has 78 valence electrons. The topological polar surface area (TPSA) is 20.2 Å². The van der Waals surface area contributed by atoms with Crippen LogP contribution in [0.1, 0.15) is 25.3 Å². The fourth-order valence-corrected chi connectivity index (χ4v) is 3.19. The molecule has 3 unspecified atom stereocenters. The average molecular weight is 231 g/mol. The monoisotopic (exact) mass is 230 g/mol. The van der Waals surface area contributed by atoms with Crippen LogP contribution in [0.15, 0.2) is 11.4 Å². The van der Waals surface area contributed by atoms with E-state index in [9.17, 15) is 5.11 Å². The second kappa shape index (κ2) is 4.21. The highest BCUT2D eigenvalue weighted by atomic mass is 35.5. The summed E-state index contributed by atoms with van der Waals surface area (Å²) >= 11 is 7.47. The SMILES string of the molecule is CC1C(O)CCC1Cc1csc(Cl)c1. The van der Waals surface area contributed by atoms with Gasteiger partial charge in [0.15, 0.2) is 0 Å². The molecule has 1 aromatic rings. The summed E-state index contributed by atoms with van der Waals surface area (Å²) in [5.74, 6) is 1.07. The maximum absolute atomic E-state index is 9.63. The zero-order valence-corrected chi connectivity index (χ0v) is 9.81. The average Bonchev–Trinajstić information content (AvgIpc) is 2.67. The molecule has 0 radical (unpaired) electrons. The van der Waals surface area contributed by atoms with Crippen molar-refractivity contribution < 1.29 is 5.11 Å². The van der Waals surface area contributed by atoms with Crippen molar-refractivity contribution >= 4 is 22.9 Å². The van der Waals surface area contributed by atoms with Gasteiger partial charge in [0, 0.05) is 0 Å². The highest BCUT2D eigenvalue weighted by Gasteiger charge is 2.31. The van der Waals surface area contributed by atoms with Crippen molar-refractivity contribution in [1.29, 1.82) is 0 Å². The van der Waals surface area contributed by atoms with Gasteiger partial charge in [0.2, 0.25) is 0 Å². The van der Waals surface area contributed by atoms with Crippen molar-refractivity contribution in [2.24, 2.45) is 11.8 Å². The van der Waals surface area contributed by atoms with Gasteiger partial charge in [0.05, 0.1) is 10.4 Å². The minimum atomic E-state index is -0.0888. The standard InChI is InChI=1S/C11H15ClOS/c1-7-9(2-3-10(7)13)4-8-5-11(12)14-6-8/h5-7,9-10,13H,2-4H2,1H3. The number of aliphatic hydroxyl groups is 1. The van der Waals surface area contributed by atoms with Crippen molar-refractivity contribution in [1.82, 2.24) is 0 Å². The van der Waals surface area contributed by atoms with Crippen LogP contribution in [0.4, 0.5) is 0 Å². The third kappa shape index (κ3) is 2.13. The molecule has 1 aliphatic rings. The van der Waals surface area contributed by atoms with Gasteiger partial charge >= 0.3 is 0 Å². The molecular formula is C11H15ClOS. The summed E-state index contributed by atoms with van der Waals surface area (Å²) in [5.41, 5.74) is 1.32. The molecule has 1 N–H and O–H groups in total. The Bertz CT molecular complexity index is 310. The molecule has 1 aliphatic carbocycles. The zero-order valence-electron chi connectivity index (χ0n) is 8.24. The van der Waals surface area contributed by atoms with E-state index in [2.05, 4.69) is 12.3 Å². The zero-order chi connectivity index (χ0) is 10.1. The third-order valence-electron chi connectivity index (χ3n) is 3.30. The van der Waals surface area contributed by atoms with Crippen molar-refractivity contribution in [3.63, 3.8) is 0 Å². The molecule has 1 saturated carbocycles. The minimum absolute atomic E-state index is 0.0888. The first-order valence-corrected chi connectivity index (χ1v) is 6.33. The lowest BCUT2D eigenvalue weighted by molar-refractivity contribution is 0.127. The van der Waals surface area contributed by atoms with Gasteiger partial charge in [-0.15, -0.1) is 11.3 Å². The minimum Gasteiger partial charge on any atom is -0.393 e. The van der Waals surface area contributed by atoms with E-state index in [4.69, 9.17) is 11.6 Å². The van der Waals surface area contributed by atoms with Crippen molar-refractivity contribution in [3.8, 4) is 0 Å². The Morgan fingerprint density at radius 2 is 2.36 bits per heavy atom. The van der Waals surface area contributed by atoms with Crippen LogP contribution in [0.3, 0.4) is 0 Å². The molecule has 0 amide bonds. The van der Waals surface area contributed by atoms with Crippen LogP contribution < -0.4 is 0 Å². The molecular weight excluding hydrogens is 216 g/mol. The van der Waals surface area contributed by atoms with Gasteiger partial charge in [-0.25, -0.2) is 0 Å². The summed E-state index contributed by atoms with van der Waals surface area (Å²) in [7, 11) is 0. The highest BCUT2D eigenvalue weighted by molar-refractivity contribution is 7.14. The summed E-state index contributed by atoms with van der Waals surface area (Å²) in [6.45, 7) is 2.15. The molecule has 1 fully saturated rings. The van der Waals surface area contributed by atoms with Gasteiger partial charge in [-0.3, -0.25) is 0 Å². The number of rotatable bonds is 2. The summed E-state index contributed by atoms with van der Waals surface area (Å²) in [5, 5.41) is 11.8. The molecule has 0 aliphatic heterocycles. The summed E-state index contributed by atoms with van der Waals surface area (Å²) in [6, 6.07) is 2.05. The number of thiophene rings is 1. The van der Waals surface area contributed by atoms with E-state index in [0.717, 1.165) is 23.6 Å². The van der Waals surface area contributed by atoms with Crippen molar-refractivity contribution in [3.05, 3.63) is 21.3 Å². The highest BCUT2D eigenvalue weighted by Crippen LogP contribution is 2.35. The molecule has 0 bridgehead atoms. The maximum Gasteiger partial charge on any atom is 0.0931 e. The quantitative estimate of drug-likeness (QED) is 0.826. The molecule has 1 nitrogen and oxygen atoms in total. The first-order valence-electron chi connectivity index (χ1n) is 5.08. The van der Waals surface area contributed by atoms with Crippen LogP contribution in [0, 0.1) is 11.8 Å². The lowest BCUT2D eigenvalue weighted by Crippen LogP contribution is -2.16. The van der Waals surface area contributed by atoms with Gasteiger partial charge in [0.1, 0.15) is 0 Å². The van der Waals surface area contributed by atoms with Crippen LogP contribution in [0.5, 0.6) is 0 Å². The summed E-state index contributed by atoms with van der Waals surface area (Å²) < 4.78 is 0.867. The molecule has 0 saturated heterocycles. The van der Waals surface area contributed by atoms with Crippen LogP contribution in [-0.4, -0.2) is 11.2 Å². The molecule has 0 spiro atoms. The lowest BCUT2D eigenvalue weighted by Gasteiger charge is -2.16. The number of hydrogen-bond donors (Lipinski definition) is 1. The summed E-state index contributed by atoms with van der Waals surface area (Å²) in [6.07, 6.45) is 3.09. The molecule has 0 aromatic carbocycles. The van der Waals surface area contributed by atoms with E-state index in [-0.39, 0.29) is 6.10 Å². The van der Waals surface area contributed by atoms with E-state index in [1.807, 2.05) is 6.07 Å². The van der Waals surface area contributed by atoms with Crippen molar-refractivity contribution in [2.45, 2.75) is 32.3 Å². The van der Waals surface area contributed by atoms with E-state index < -0.39 is 0 Å². The lowest BCUT2D eigenvalue weighted by atomic mass is 9.91. The number of aliphatic hydroxyl groups excluding tert-OH is 1. The van der Waals surface area contributed by atoms with E-state index >= 15 is 0 Å². The van der Waals surface area contributed by atoms with Crippen molar-refractivity contribution in [2.75, 3.05) is 0 Å². The van der Waals surface area contributed by atoms with Crippen LogP contribution in [0.2, 0.25) is 4.34 Å². The molecule has 2 rings (SSSR count). The Balaban J connectivity index is 1.98. The van der Waals surface area contributed by atoms with Gasteiger partial charge < -0.3 is 5.11 Å². The van der Waals surface area contributed by atoms with E-state index in [1.54, 1.807) is 11.3 Å². The normalized spacial score (nSPS) is 32.4.